The summed E-state index contributed by atoms with van der Waals surface area (Å²) in [5.41, 5.74) is 1.48. The fraction of sp³-hybridized carbons (Fsp3) is 0.150. The van der Waals surface area contributed by atoms with Crippen LogP contribution in [0.2, 0.25) is 0 Å². The Labute approximate surface area is 151 Å². The van der Waals surface area contributed by atoms with Crippen LogP contribution < -0.4 is 9.84 Å². The highest BCUT2D eigenvalue weighted by molar-refractivity contribution is 6.01. The molecule has 2 aromatic rings. The predicted molar refractivity (Wildman–Crippen MR) is 93.8 cm³/mol. The Morgan fingerprint density at radius 1 is 1.15 bits per heavy atom. The highest BCUT2D eigenvalue weighted by Crippen LogP contribution is 2.22. The average Bonchev–Trinajstić information content (AvgIpc) is 2.64. The van der Waals surface area contributed by atoms with Gasteiger partial charge in [0.25, 0.3) is 5.91 Å². The van der Waals surface area contributed by atoms with E-state index in [2.05, 4.69) is 0 Å². The molecule has 0 saturated heterocycles. The molecule has 0 atom stereocenters. The van der Waals surface area contributed by atoms with Crippen LogP contribution in [0.25, 0.3) is 6.08 Å². The van der Waals surface area contributed by atoms with E-state index >= 15 is 0 Å². The van der Waals surface area contributed by atoms with Crippen molar-refractivity contribution in [2.45, 2.75) is 6.61 Å². The van der Waals surface area contributed by atoms with Gasteiger partial charge in [-0.15, -0.1) is 0 Å². The number of hydrogen-bond donors (Lipinski definition) is 0. The van der Waals surface area contributed by atoms with E-state index in [9.17, 15) is 20.0 Å². The summed E-state index contributed by atoms with van der Waals surface area (Å²) in [4.78, 5) is 24.1. The highest BCUT2D eigenvalue weighted by Gasteiger charge is 2.12. The Hall–Kier alpha value is -3.59. The summed E-state index contributed by atoms with van der Waals surface area (Å²) >= 11 is 0. The first-order valence-corrected chi connectivity index (χ1v) is 7.78. The topological polar surface area (TPSA) is 93.5 Å². The fourth-order valence-electron chi connectivity index (χ4n) is 2.17. The van der Waals surface area contributed by atoms with Gasteiger partial charge in [-0.3, -0.25) is 4.79 Å². The Balaban J connectivity index is 2.20. The monoisotopic (exact) mass is 349 g/mol. The van der Waals surface area contributed by atoms with Crippen molar-refractivity contribution in [2.24, 2.45) is 0 Å². The van der Waals surface area contributed by atoms with E-state index < -0.39 is 5.97 Å². The number of carbonyl (C=O) groups excluding carboxylic acids is 2. The Kier molecular flexibility index (Phi) is 6.12. The maximum Gasteiger partial charge on any atom is 0.264 e. The van der Waals surface area contributed by atoms with Crippen molar-refractivity contribution in [3.05, 3.63) is 70.8 Å². The molecule has 0 saturated carbocycles. The quantitative estimate of drug-likeness (QED) is 0.583. The largest absolute Gasteiger partial charge is 0.545 e. The van der Waals surface area contributed by atoms with Gasteiger partial charge in [-0.1, -0.05) is 42.5 Å². The van der Waals surface area contributed by atoms with Crippen molar-refractivity contribution < 1.29 is 19.4 Å². The second kappa shape index (κ2) is 8.49. The van der Waals surface area contributed by atoms with Crippen LogP contribution in [0.4, 0.5) is 0 Å². The lowest BCUT2D eigenvalue weighted by molar-refractivity contribution is -0.255. The van der Waals surface area contributed by atoms with Crippen molar-refractivity contribution in [1.29, 1.82) is 5.26 Å². The molecule has 0 aliphatic rings. The lowest BCUT2D eigenvalue weighted by atomic mass is 10.1. The van der Waals surface area contributed by atoms with E-state index in [1.807, 2.05) is 6.07 Å². The van der Waals surface area contributed by atoms with Crippen LogP contribution >= 0.6 is 0 Å². The molecule has 132 valence electrons. The SMILES string of the molecule is CN(C)C(=O)/C(C#N)=C/c1ccccc1OCc1ccc(C(=O)[O-])cc1. The summed E-state index contributed by atoms with van der Waals surface area (Å²) < 4.78 is 5.77. The minimum atomic E-state index is -1.23. The molecule has 26 heavy (non-hydrogen) atoms. The zero-order valence-corrected chi connectivity index (χ0v) is 14.4. The first kappa shape index (κ1) is 18.7. The second-order valence-corrected chi connectivity index (χ2v) is 5.68. The number of carboxylic acids is 1. The van der Waals surface area contributed by atoms with Gasteiger partial charge in [0.1, 0.15) is 24.0 Å². The van der Waals surface area contributed by atoms with Gasteiger partial charge in [0, 0.05) is 19.7 Å². The van der Waals surface area contributed by atoms with Crippen molar-refractivity contribution in [2.75, 3.05) is 14.1 Å². The number of para-hydroxylation sites is 1. The van der Waals surface area contributed by atoms with E-state index in [1.165, 1.54) is 23.1 Å². The standard InChI is InChI=1S/C20H18N2O4/c1-22(2)19(23)17(12-21)11-16-5-3-4-6-18(16)26-13-14-7-9-15(10-8-14)20(24)25/h3-11H,13H2,1-2H3,(H,24,25)/p-1/b17-11+. The minimum Gasteiger partial charge on any atom is -0.545 e. The molecule has 0 fully saturated rings. The van der Waals surface area contributed by atoms with Gasteiger partial charge in [0.15, 0.2) is 0 Å². The van der Waals surface area contributed by atoms with Crippen molar-refractivity contribution in [3.63, 3.8) is 0 Å². The van der Waals surface area contributed by atoms with Crippen LogP contribution in [0, 0.1) is 11.3 Å². The molecule has 0 heterocycles. The Morgan fingerprint density at radius 2 is 1.81 bits per heavy atom. The van der Waals surface area contributed by atoms with Crippen LogP contribution in [0.1, 0.15) is 21.5 Å². The number of benzene rings is 2. The molecular weight excluding hydrogens is 332 g/mol. The van der Waals surface area contributed by atoms with Gasteiger partial charge in [0.2, 0.25) is 0 Å². The zero-order chi connectivity index (χ0) is 19.1. The number of amides is 1. The molecule has 0 aliphatic carbocycles. The lowest BCUT2D eigenvalue weighted by Crippen LogP contribution is -2.22. The molecule has 0 spiro atoms. The summed E-state index contributed by atoms with van der Waals surface area (Å²) in [6.07, 6.45) is 1.48. The maximum atomic E-state index is 12.0. The molecule has 1 amide bonds. The van der Waals surface area contributed by atoms with Crippen LogP contribution in [-0.4, -0.2) is 30.9 Å². The van der Waals surface area contributed by atoms with Gasteiger partial charge >= 0.3 is 0 Å². The molecule has 2 rings (SSSR count). The average molecular weight is 349 g/mol. The molecule has 6 nitrogen and oxygen atoms in total. The van der Waals surface area contributed by atoms with Crippen LogP contribution in [0.5, 0.6) is 5.75 Å². The third-order valence-electron chi connectivity index (χ3n) is 3.56. The lowest BCUT2D eigenvalue weighted by Gasteiger charge is -2.12. The Morgan fingerprint density at radius 3 is 2.38 bits per heavy atom. The number of rotatable bonds is 6. The maximum absolute atomic E-state index is 12.0. The zero-order valence-electron chi connectivity index (χ0n) is 14.4. The summed E-state index contributed by atoms with van der Waals surface area (Å²) in [7, 11) is 3.15. The van der Waals surface area contributed by atoms with Crippen molar-refractivity contribution >= 4 is 18.0 Å². The second-order valence-electron chi connectivity index (χ2n) is 5.68. The van der Waals surface area contributed by atoms with Gasteiger partial charge in [0.05, 0.1) is 5.97 Å². The smallest absolute Gasteiger partial charge is 0.264 e. The molecule has 0 N–H and O–H groups in total. The Bertz CT molecular complexity index is 877. The number of hydrogen-bond acceptors (Lipinski definition) is 5. The number of nitrogens with zero attached hydrogens (tertiary/aromatic N) is 2. The fourth-order valence-corrected chi connectivity index (χ4v) is 2.17. The first-order chi connectivity index (χ1) is 12.4. The molecule has 0 aromatic heterocycles. The molecule has 0 unspecified atom stereocenters. The summed E-state index contributed by atoms with van der Waals surface area (Å²) in [6, 6.07) is 15.1. The number of likely N-dealkylation sites (N-methyl/N-ethyl adjacent to an activating group) is 1. The number of ether oxygens (including phenoxy) is 1. The number of nitriles is 1. The van der Waals surface area contributed by atoms with Crippen LogP contribution in [0.15, 0.2) is 54.1 Å². The first-order valence-electron chi connectivity index (χ1n) is 7.78. The number of carboxylic acid groups (broad SMARTS) is 1. The van der Waals surface area contributed by atoms with Gasteiger partial charge in [-0.05, 0) is 23.3 Å². The minimum absolute atomic E-state index is 0.00404. The van der Waals surface area contributed by atoms with Gasteiger partial charge in [-0.2, -0.15) is 5.26 Å². The van der Waals surface area contributed by atoms with Crippen LogP contribution in [-0.2, 0) is 11.4 Å². The van der Waals surface area contributed by atoms with E-state index in [-0.39, 0.29) is 23.7 Å². The summed E-state index contributed by atoms with van der Waals surface area (Å²) in [5, 5.41) is 20.0. The van der Waals surface area contributed by atoms with E-state index in [0.29, 0.717) is 11.3 Å². The molecular formula is C20H17N2O4-. The number of aromatic carboxylic acids is 1. The van der Waals surface area contributed by atoms with Gasteiger partial charge in [-0.25, -0.2) is 0 Å². The molecule has 6 heteroatoms. The van der Waals surface area contributed by atoms with Gasteiger partial charge < -0.3 is 19.5 Å². The molecule has 0 aliphatic heterocycles. The van der Waals surface area contributed by atoms with E-state index in [4.69, 9.17) is 4.74 Å². The van der Waals surface area contributed by atoms with Crippen molar-refractivity contribution in [1.82, 2.24) is 4.90 Å². The third kappa shape index (κ3) is 4.71. The number of carbonyl (C=O) groups is 2. The molecule has 2 aromatic carbocycles. The molecule has 0 radical (unpaired) electrons. The molecule has 0 bridgehead atoms. The van der Waals surface area contributed by atoms with E-state index in [1.54, 1.807) is 50.5 Å². The normalized spacial score (nSPS) is 10.7. The highest BCUT2D eigenvalue weighted by atomic mass is 16.5. The van der Waals surface area contributed by atoms with Crippen LogP contribution in [0.3, 0.4) is 0 Å². The summed E-state index contributed by atoms with van der Waals surface area (Å²) in [6.45, 7) is 0.210. The predicted octanol–water partition coefficient (Wildman–Crippen LogP) is 1.62. The van der Waals surface area contributed by atoms with E-state index in [0.717, 1.165) is 5.56 Å². The third-order valence-corrected chi connectivity index (χ3v) is 3.56. The van der Waals surface area contributed by atoms with Crippen molar-refractivity contribution in [3.8, 4) is 11.8 Å². The summed E-state index contributed by atoms with van der Waals surface area (Å²) in [5.74, 6) is -1.11.